The number of benzene rings is 2. The maximum atomic E-state index is 12.4. The van der Waals surface area contributed by atoms with E-state index in [0.29, 0.717) is 14.6 Å². The van der Waals surface area contributed by atoms with Crippen LogP contribution in [0.2, 0.25) is 0 Å². The molecule has 0 aliphatic heterocycles. The van der Waals surface area contributed by atoms with Crippen molar-refractivity contribution in [1.29, 1.82) is 0 Å². The Morgan fingerprint density at radius 3 is 2.33 bits per heavy atom. The monoisotopic (exact) mass is 431 g/mol. The maximum absolute atomic E-state index is 12.4. The lowest BCUT2D eigenvalue weighted by Gasteiger charge is -2.10. The highest BCUT2D eigenvalue weighted by Gasteiger charge is 2.18. The summed E-state index contributed by atoms with van der Waals surface area (Å²) in [5.41, 5.74) is 1.76. The van der Waals surface area contributed by atoms with Crippen LogP contribution in [0.25, 0.3) is 0 Å². The standard InChI is InChI=1S/C15H15Br2NO2S/c1-2-3-11-4-7-13(8-5-11)18-21(19,20)15-10-12(16)6-9-14(15)17/h4-10,18H,2-3H2,1H3. The van der Waals surface area contributed by atoms with Gasteiger partial charge >= 0.3 is 0 Å². The summed E-state index contributed by atoms with van der Waals surface area (Å²) in [4.78, 5) is 0.203. The molecule has 0 aliphatic carbocycles. The Bertz CT molecular complexity index is 728. The Kier molecular flexibility index (Phi) is 5.46. The topological polar surface area (TPSA) is 46.2 Å². The fraction of sp³-hybridized carbons (Fsp3) is 0.200. The summed E-state index contributed by atoms with van der Waals surface area (Å²) in [7, 11) is -3.62. The molecule has 0 unspecified atom stereocenters. The van der Waals surface area contributed by atoms with E-state index in [4.69, 9.17) is 0 Å². The third kappa shape index (κ3) is 4.31. The molecule has 0 fully saturated rings. The molecule has 2 aromatic rings. The van der Waals surface area contributed by atoms with Crippen LogP contribution < -0.4 is 4.72 Å². The molecular formula is C15H15Br2NO2S. The van der Waals surface area contributed by atoms with Gasteiger partial charge in [0.25, 0.3) is 10.0 Å². The van der Waals surface area contributed by atoms with E-state index in [1.54, 1.807) is 30.3 Å². The molecule has 0 heterocycles. The molecule has 3 nitrogen and oxygen atoms in total. The van der Waals surface area contributed by atoms with Gasteiger partial charge in [-0.25, -0.2) is 8.42 Å². The average molecular weight is 433 g/mol. The van der Waals surface area contributed by atoms with Crippen LogP contribution in [0.1, 0.15) is 18.9 Å². The molecule has 0 atom stereocenters. The van der Waals surface area contributed by atoms with E-state index in [1.165, 1.54) is 5.56 Å². The normalized spacial score (nSPS) is 11.4. The average Bonchev–Trinajstić information content (AvgIpc) is 2.43. The molecule has 0 aromatic heterocycles. The van der Waals surface area contributed by atoms with Gasteiger partial charge in [-0.05, 0) is 58.2 Å². The van der Waals surface area contributed by atoms with Gasteiger partial charge in [-0.3, -0.25) is 4.72 Å². The fourth-order valence-electron chi connectivity index (χ4n) is 1.92. The quantitative estimate of drug-likeness (QED) is 0.725. The Labute approximate surface area is 142 Å². The number of sulfonamides is 1. The first-order valence-electron chi connectivity index (χ1n) is 6.49. The molecule has 2 aromatic carbocycles. The predicted molar refractivity (Wildman–Crippen MR) is 93.1 cm³/mol. The van der Waals surface area contributed by atoms with Crippen molar-refractivity contribution in [3.05, 3.63) is 57.0 Å². The van der Waals surface area contributed by atoms with E-state index in [2.05, 4.69) is 43.5 Å². The Balaban J connectivity index is 2.26. The number of nitrogens with one attached hydrogen (secondary N) is 1. The van der Waals surface area contributed by atoms with Crippen LogP contribution in [-0.4, -0.2) is 8.42 Å². The minimum atomic E-state index is -3.62. The molecule has 0 saturated heterocycles. The van der Waals surface area contributed by atoms with Gasteiger partial charge in [0.05, 0.1) is 0 Å². The van der Waals surface area contributed by atoms with E-state index in [9.17, 15) is 8.42 Å². The molecule has 112 valence electrons. The number of anilines is 1. The maximum Gasteiger partial charge on any atom is 0.263 e. The first-order chi connectivity index (χ1) is 9.92. The van der Waals surface area contributed by atoms with Crippen LogP contribution >= 0.6 is 31.9 Å². The van der Waals surface area contributed by atoms with E-state index in [1.807, 2.05) is 12.1 Å². The lowest BCUT2D eigenvalue weighted by atomic mass is 10.1. The van der Waals surface area contributed by atoms with Gasteiger partial charge in [0.1, 0.15) is 4.90 Å². The van der Waals surface area contributed by atoms with Crippen molar-refractivity contribution in [3.63, 3.8) is 0 Å². The SMILES string of the molecule is CCCc1ccc(NS(=O)(=O)c2cc(Br)ccc2Br)cc1. The minimum absolute atomic E-state index is 0.203. The number of rotatable bonds is 5. The number of hydrogen-bond donors (Lipinski definition) is 1. The summed E-state index contributed by atoms with van der Waals surface area (Å²) in [6.07, 6.45) is 2.06. The van der Waals surface area contributed by atoms with Gasteiger partial charge in [0, 0.05) is 14.6 Å². The zero-order valence-corrected chi connectivity index (χ0v) is 15.4. The molecule has 0 saturated carbocycles. The largest absolute Gasteiger partial charge is 0.280 e. The van der Waals surface area contributed by atoms with Gasteiger partial charge in [0.15, 0.2) is 0 Å². The van der Waals surface area contributed by atoms with Crippen molar-refractivity contribution < 1.29 is 8.42 Å². The van der Waals surface area contributed by atoms with Crippen LogP contribution in [0.15, 0.2) is 56.3 Å². The van der Waals surface area contributed by atoms with Crippen molar-refractivity contribution in [2.45, 2.75) is 24.7 Å². The first-order valence-corrected chi connectivity index (χ1v) is 9.56. The Morgan fingerprint density at radius 1 is 1.05 bits per heavy atom. The smallest absolute Gasteiger partial charge is 0.263 e. The molecule has 0 spiro atoms. The lowest BCUT2D eigenvalue weighted by Crippen LogP contribution is -2.13. The van der Waals surface area contributed by atoms with Gasteiger partial charge in [-0.15, -0.1) is 0 Å². The minimum Gasteiger partial charge on any atom is -0.280 e. The number of hydrogen-bond acceptors (Lipinski definition) is 2. The molecule has 0 amide bonds. The lowest BCUT2D eigenvalue weighted by molar-refractivity contribution is 0.600. The zero-order chi connectivity index (χ0) is 15.5. The van der Waals surface area contributed by atoms with Gasteiger partial charge < -0.3 is 0 Å². The van der Waals surface area contributed by atoms with Crippen molar-refractivity contribution in [2.24, 2.45) is 0 Å². The van der Waals surface area contributed by atoms with Crippen molar-refractivity contribution in [1.82, 2.24) is 0 Å². The van der Waals surface area contributed by atoms with Crippen LogP contribution in [0.4, 0.5) is 5.69 Å². The van der Waals surface area contributed by atoms with E-state index in [0.717, 1.165) is 12.8 Å². The number of aryl methyl sites for hydroxylation is 1. The summed E-state index contributed by atoms with van der Waals surface area (Å²) in [5.74, 6) is 0. The first kappa shape index (κ1) is 16.5. The summed E-state index contributed by atoms with van der Waals surface area (Å²) in [6, 6.07) is 12.5. The molecule has 0 aliphatic rings. The Morgan fingerprint density at radius 2 is 1.71 bits per heavy atom. The van der Waals surface area contributed by atoms with Crippen molar-refractivity contribution in [2.75, 3.05) is 4.72 Å². The van der Waals surface area contributed by atoms with Crippen LogP contribution in [0.3, 0.4) is 0 Å². The van der Waals surface area contributed by atoms with Gasteiger partial charge in [0.2, 0.25) is 0 Å². The summed E-state index contributed by atoms with van der Waals surface area (Å²) >= 11 is 6.56. The second-order valence-corrected chi connectivity index (χ2v) is 8.05. The predicted octanol–water partition coefficient (Wildman–Crippen LogP) is 4.96. The van der Waals surface area contributed by atoms with Crippen molar-refractivity contribution >= 4 is 47.6 Å². The highest BCUT2D eigenvalue weighted by Crippen LogP contribution is 2.27. The Hall–Kier alpha value is -0.850. The summed E-state index contributed by atoms with van der Waals surface area (Å²) in [5, 5.41) is 0. The third-order valence-corrected chi connectivity index (χ3v) is 5.80. The second kappa shape index (κ2) is 6.94. The van der Waals surface area contributed by atoms with Crippen LogP contribution in [0.5, 0.6) is 0 Å². The van der Waals surface area contributed by atoms with Gasteiger partial charge in [-0.2, -0.15) is 0 Å². The van der Waals surface area contributed by atoms with Crippen LogP contribution in [-0.2, 0) is 16.4 Å². The molecule has 2 rings (SSSR count). The van der Waals surface area contributed by atoms with E-state index < -0.39 is 10.0 Å². The van der Waals surface area contributed by atoms with E-state index >= 15 is 0 Å². The van der Waals surface area contributed by atoms with E-state index in [-0.39, 0.29) is 4.90 Å². The zero-order valence-electron chi connectivity index (χ0n) is 11.4. The third-order valence-electron chi connectivity index (χ3n) is 2.93. The molecule has 6 heteroatoms. The molecule has 0 bridgehead atoms. The summed E-state index contributed by atoms with van der Waals surface area (Å²) in [6.45, 7) is 2.11. The molecule has 21 heavy (non-hydrogen) atoms. The molecular weight excluding hydrogens is 418 g/mol. The summed E-state index contributed by atoms with van der Waals surface area (Å²) < 4.78 is 28.7. The fourth-order valence-corrected chi connectivity index (χ4v) is 4.48. The highest BCUT2D eigenvalue weighted by molar-refractivity contribution is 9.11. The molecule has 1 N–H and O–H groups in total. The van der Waals surface area contributed by atoms with Crippen molar-refractivity contribution in [3.8, 4) is 0 Å². The van der Waals surface area contributed by atoms with Crippen LogP contribution in [0, 0.1) is 0 Å². The van der Waals surface area contributed by atoms with Gasteiger partial charge in [-0.1, -0.05) is 41.4 Å². The molecule has 0 radical (unpaired) electrons. The number of halogens is 2. The second-order valence-electron chi connectivity index (χ2n) is 4.63. The highest BCUT2D eigenvalue weighted by atomic mass is 79.9.